The molecule has 6 nitrogen and oxygen atoms in total. The van der Waals surface area contributed by atoms with Gasteiger partial charge < -0.3 is 10.0 Å². The molecular weight excluding hydrogens is 270 g/mol. The first-order chi connectivity index (χ1) is 9.99. The number of nitrogens with zero attached hydrogens (tertiary/aromatic N) is 3. The predicted molar refractivity (Wildman–Crippen MR) is 79.2 cm³/mol. The lowest BCUT2D eigenvalue weighted by molar-refractivity contribution is -0.0862. The molecule has 1 fully saturated rings. The fourth-order valence-electron chi connectivity index (χ4n) is 2.62. The molecule has 0 aliphatic carbocycles. The van der Waals surface area contributed by atoms with Gasteiger partial charge in [0, 0.05) is 12.6 Å². The second kappa shape index (κ2) is 6.39. The number of β-amino-alcohol motifs (C(OH)–C–C–N with tert-alkyl or cyclic N) is 1. The van der Waals surface area contributed by atoms with Crippen LogP contribution in [0, 0.1) is 0 Å². The summed E-state index contributed by atoms with van der Waals surface area (Å²) in [5.41, 5.74) is -0.670. The Labute approximate surface area is 124 Å². The molecule has 1 aromatic rings. The summed E-state index contributed by atoms with van der Waals surface area (Å²) < 4.78 is 1.34. The highest BCUT2D eigenvalue weighted by atomic mass is 16.3. The molecule has 1 aliphatic rings. The number of likely N-dealkylation sites (tertiary alicyclic amines) is 1. The molecule has 6 heteroatoms. The van der Waals surface area contributed by atoms with Crippen LogP contribution in [0.3, 0.4) is 0 Å². The lowest BCUT2D eigenvalue weighted by Gasteiger charge is -2.46. The molecule has 0 saturated carbocycles. The Morgan fingerprint density at radius 2 is 2.05 bits per heavy atom. The van der Waals surface area contributed by atoms with Gasteiger partial charge in [-0.1, -0.05) is 26.7 Å². The first kappa shape index (κ1) is 15.7. The van der Waals surface area contributed by atoms with Crippen molar-refractivity contribution < 1.29 is 9.90 Å². The van der Waals surface area contributed by atoms with E-state index in [1.165, 1.54) is 16.8 Å². The second-order valence-electron chi connectivity index (χ2n) is 5.77. The molecule has 0 unspecified atom stereocenters. The molecule has 2 heterocycles. The number of hydrogen-bond donors (Lipinski definition) is 1. The van der Waals surface area contributed by atoms with Crippen LogP contribution < -0.4 is 5.56 Å². The standard InChI is InChI=1S/C15H23N3O3/c1-3-5-9-18-13(19)7-6-12(16-18)14(20)17-10-15(21,11-17)8-4-2/h6-7,21H,3-5,8-11H2,1-2H3. The summed E-state index contributed by atoms with van der Waals surface area (Å²) >= 11 is 0. The fourth-order valence-corrected chi connectivity index (χ4v) is 2.62. The number of amides is 1. The molecule has 0 radical (unpaired) electrons. The minimum absolute atomic E-state index is 0.189. The largest absolute Gasteiger partial charge is 0.386 e. The third-order valence-corrected chi connectivity index (χ3v) is 3.78. The molecule has 1 aromatic heterocycles. The van der Waals surface area contributed by atoms with Gasteiger partial charge in [-0.2, -0.15) is 5.10 Å². The van der Waals surface area contributed by atoms with E-state index in [1.54, 1.807) is 4.90 Å². The molecule has 1 aliphatic heterocycles. The Morgan fingerprint density at radius 3 is 2.67 bits per heavy atom. The van der Waals surface area contributed by atoms with Gasteiger partial charge in [-0.25, -0.2) is 4.68 Å². The summed E-state index contributed by atoms with van der Waals surface area (Å²) in [5, 5.41) is 14.3. The molecule has 0 atom stereocenters. The van der Waals surface area contributed by atoms with Crippen molar-refractivity contribution in [2.24, 2.45) is 0 Å². The number of aliphatic hydroxyl groups is 1. The van der Waals surface area contributed by atoms with E-state index in [0.29, 0.717) is 26.1 Å². The van der Waals surface area contributed by atoms with Crippen LogP contribution >= 0.6 is 0 Å². The van der Waals surface area contributed by atoms with Gasteiger partial charge >= 0.3 is 0 Å². The molecule has 1 saturated heterocycles. The summed E-state index contributed by atoms with van der Waals surface area (Å²) in [4.78, 5) is 25.5. The summed E-state index contributed by atoms with van der Waals surface area (Å²) in [5.74, 6) is -0.221. The first-order valence-corrected chi connectivity index (χ1v) is 7.59. The molecule has 21 heavy (non-hydrogen) atoms. The molecule has 0 bridgehead atoms. The number of hydrogen-bond acceptors (Lipinski definition) is 4. The minimum Gasteiger partial charge on any atom is -0.386 e. The highest BCUT2D eigenvalue weighted by Crippen LogP contribution is 2.26. The number of rotatable bonds is 6. The van der Waals surface area contributed by atoms with Gasteiger partial charge in [-0.15, -0.1) is 0 Å². The quantitative estimate of drug-likeness (QED) is 0.850. The maximum Gasteiger partial charge on any atom is 0.274 e. The van der Waals surface area contributed by atoms with Crippen LogP contribution in [0.25, 0.3) is 0 Å². The monoisotopic (exact) mass is 293 g/mol. The van der Waals surface area contributed by atoms with Gasteiger partial charge in [0.05, 0.1) is 18.7 Å². The van der Waals surface area contributed by atoms with E-state index in [4.69, 9.17) is 0 Å². The van der Waals surface area contributed by atoms with E-state index in [-0.39, 0.29) is 17.2 Å². The number of carbonyl (C=O) groups excluding carboxylic acids is 1. The number of unbranched alkanes of at least 4 members (excludes halogenated alkanes) is 1. The van der Waals surface area contributed by atoms with Crippen molar-refractivity contribution in [2.75, 3.05) is 13.1 Å². The van der Waals surface area contributed by atoms with Gasteiger partial charge in [0.2, 0.25) is 0 Å². The Morgan fingerprint density at radius 1 is 1.33 bits per heavy atom. The smallest absolute Gasteiger partial charge is 0.274 e. The molecular formula is C15H23N3O3. The number of aromatic nitrogens is 2. The van der Waals surface area contributed by atoms with Crippen LogP contribution in [0.15, 0.2) is 16.9 Å². The zero-order valence-electron chi connectivity index (χ0n) is 12.7. The van der Waals surface area contributed by atoms with Crippen LogP contribution in [0.2, 0.25) is 0 Å². The molecule has 1 amide bonds. The van der Waals surface area contributed by atoms with Gasteiger partial charge in [0.15, 0.2) is 0 Å². The summed E-state index contributed by atoms with van der Waals surface area (Å²) in [6.45, 7) is 5.25. The fraction of sp³-hybridized carbons (Fsp3) is 0.667. The predicted octanol–water partition coefficient (Wildman–Crippen LogP) is 1.03. The van der Waals surface area contributed by atoms with Gasteiger partial charge in [-0.05, 0) is 18.9 Å². The number of aryl methyl sites for hydroxylation is 1. The zero-order chi connectivity index (χ0) is 15.5. The first-order valence-electron chi connectivity index (χ1n) is 7.59. The van der Waals surface area contributed by atoms with Crippen molar-refractivity contribution >= 4 is 5.91 Å². The van der Waals surface area contributed by atoms with Crippen molar-refractivity contribution in [1.82, 2.24) is 14.7 Å². The number of carbonyl (C=O) groups is 1. The Kier molecular flexibility index (Phi) is 4.77. The minimum atomic E-state index is -0.749. The van der Waals surface area contributed by atoms with Crippen molar-refractivity contribution in [3.05, 3.63) is 28.2 Å². The Hall–Kier alpha value is -1.69. The van der Waals surface area contributed by atoms with Crippen LogP contribution in [0.5, 0.6) is 0 Å². The summed E-state index contributed by atoms with van der Waals surface area (Å²) in [6, 6.07) is 2.85. The van der Waals surface area contributed by atoms with Crippen molar-refractivity contribution in [2.45, 2.75) is 51.7 Å². The van der Waals surface area contributed by atoms with Crippen molar-refractivity contribution in [1.29, 1.82) is 0 Å². The second-order valence-corrected chi connectivity index (χ2v) is 5.77. The van der Waals surface area contributed by atoms with Crippen LogP contribution in [0.4, 0.5) is 0 Å². The van der Waals surface area contributed by atoms with Gasteiger partial charge in [-0.3, -0.25) is 9.59 Å². The van der Waals surface area contributed by atoms with E-state index in [9.17, 15) is 14.7 Å². The molecule has 0 spiro atoms. The van der Waals surface area contributed by atoms with Gasteiger partial charge in [0.25, 0.3) is 11.5 Å². The lowest BCUT2D eigenvalue weighted by atomic mass is 9.89. The van der Waals surface area contributed by atoms with E-state index in [1.807, 2.05) is 13.8 Å². The van der Waals surface area contributed by atoms with Crippen molar-refractivity contribution in [3.63, 3.8) is 0 Å². The third kappa shape index (κ3) is 3.50. The van der Waals surface area contributed by atoms with Crippen LogP contribution in [-0.2, 0) is 6.54 Å². The average Bonchev–Trinajstić information content (AvgIpc) is 2.43. The Balaban J connectivity index is 2.05. The van der Waals surface area contributed by atoms with Crippen LogP contribution in [0.1, 0.15) is 50.0 Å². The lowest BCUT2D eigenvalue weighted by Crippen LogP contribution is -2.63. The van der Waals surface area contributed by atoms with Crippen molar-refractivity contribution in [3.8, 4) is 0 Å². The molecule has 0 aromatic carbocycles. The van der Waals surface area contributed by atoms with Gasteiger partial charge in [0.1, 0.15) is 5.69 Å². The molecule has 116 valence electrons. The van der Waals surface area contributed by atoms with E-state index in [2.05, 4.69) is 5.10 Å². The SMILES string of the molecule is CCCCn1nc(C(=O)N2CC(O)(CCC)C2)ccc1=O. The topological polar surface area (TPSA) is 75.4 Å². The highest BCUT2D eigenvalue weighted by Gasteiger charge is 2.43. The third-order valence-electron chi connectivity index (χ3n) is 3.78. The summed E-state index contributed by atoms with van der Waals surface area (Å²) in [7, 11) is 0. The maximum absolute atomic E-state index is 12.3. The highest BCUT2D eigenvalue weighted by molar-refractivity contribution is 5.92. The van der Waals surface area contributed by atoms with E-state index < -0.39 is 5.60 Å². The zero-order valence-corrected chi connectivity index (χ0v) is 12.7. The van der Waals surface area contributed by atoms with E-state index >= 15 is 0 Å². The normalized spacial score (nSPS) is 16.6. The molecule has 1 N–H and O–H groups in total. The van der Waals surface area contributed by atoms with E-state index in [0.717, 1.165) is 19.3 Å². The van der Waals surface area contributed by atoms with Crippen LogP contribution in [-0.4, -0.2) is 44.4 Å². The maximum atomic E-state index is 12.3. The average molecular weight is 293 g/mol. The summed E-state index contributed by atoms with van der Waals surface area (Å²) in [6.07, 6.45) is 3.39. The Bertz CT molecular complexity index is 562. The molecule has 2 rings (SSSR count).